The normalized spacial score (nSPS) is 3.17. The first kappa shape index (κ1) is 36.9. The Hall–Kier alpha value is 2.06. The fraction of sp³-hybridized carbons (Fsp3) is 0.500. The van der Waals surface area contributed by atoms with E-state index in [1.165, 1.54) is 0 Å². The molecule has 0 aliphatic rings. The van der Waals surface area contributed by atoms with Crippen molar-refractivity contribution in [2.24, 2.45) is 0 Å². The van der Waals surface area contributed by atoms with Crippen LogP contribution in [0.3, 0.4) is 0 Å². The van der Waals surface area contributed by atoms with Gasteiger partial charge in [0.25, 0.3) is 0 Å². The first-order chi connectivity index (χ1) is 6.00. The molecule has 0 aromatic heterocycles. The van der Waals surface area contributed by atoms with Gasteiger partial charge in [-0.05, 0) is 0 Å². The molecule has 0 amide bonds. The van der Waals surface area contributed by atoms with Crippen molar-refractivity contribution in [3.8, 4) is 0 Å². The topological polar surface area (TPSA) is 0 Å². The Morgan fingerprint density at radius 1 is 0.500 bits per heavy atom. The fourth-order valence-corrected chi connectivity index (χ4v) is 0. The molecule has 0 fully saturated rings. The molecule has 0 aliphatic carbocycles. The minimum atomic E-state index is 1.75. The molecule has 0 spiro atoms. The Morgan fingerprint density at radius 3 is 0.500 bits per heavy atom. The van der Waals surface area contributed by atoms with E-state index < -0.39 is 0 Å². The quantitative estimate of drug-likeness (QED) is 0.287. The predicted octanol–water partition coefficient (Wildman–Crippen LogP) is 4.74. The monoisotopic (exact) mass is 580 g/mol. The summed E-state index contributed by atoms with van der Waals surface area (Å²) in [5, 5.41) is 0. The van der Waals surface area contributed by atoms with E-state index in [1.807, 2.05) is 0 Å². The zero-order valence-electron chi connectivity index (χ0n) is 8.19. The number of hydrogen-bond acceptors (Lipinski definition) is 0. The number of hydrogen-bond donors (Lipinski definition) is 0. The van der Waals surface area contributed by atoms with E-state index in [9.17, 15) is 0 Å². The molecule has 0 unspecified atom stereocenters. The molecule has 0 bridgehead atoms. The average Bonchev–Trinajstić information content (AvgIpc) is 2.33. The zero-order valence-corrected chi connectivity index (χ0v) is 14.0. The molecule has 0 saturated carbocycles. The Morgan fingerprint density at radius 2 is 0.500 bits per heavy atom. The molecule has 0 aromatic carbocycles. The Kier molecular flexibility index (Phi) is 1380. The second-order valence-electron chi connectivity index (χ2n) is 0. The Balaban J connectivity index is -0.00000000900. The van der Waals surface area contributed by atoms with Crippen LogP contribution in [0, 0.1) is 27.7 Å². The van der Waals surface area contributed by atoms with Gasteiger partial charge in [-0.15, -0.1) is 0 Å². The maximum atomic E-state index is 4.58. The van der Waals surface area contributed by atoms with Crippen LogP contribution >= 0.6 is 18.4 Å². The molecule has 0 radical (unpaired) electrons. The zero-order chi connectivity index (χ0) is 12.0. The third kappa shape index (κ3) is 348. The molecule has 0 atom stereocenters. The molecular weight excluding hydrogens is 561 g/mol. The van der Waals surface area contributed by atoms with Crippen molar-refractivity contribution in [1.82, 2.24) is 0 Å². The molecular formula is C8H20Au2Cl2-4. The SMILES string of the molecule is [CH2-]C.[CH2-]C.[CH2-]C.[CH2-]C.[Cl][Au].[Cl][Au]. The second-order valence-corrected chi connectivity index (χ2v) is 0. The van der Waals surface area contributed by atoms with E-state index in [0.717, 1.165) is 0 Å². The predicted molar refractivity (Wildman–Crippen MR) is 55.8 cm³/mol. The molecule has 0 heterocycles. The molecule has 0 rings (SSSR count). The third-order valence-electron chi connectivity index (χ3n) is 0. The van der Waals surface area contributed by atoms with Crippen LogP contribution < -0.4 is 0 Å². The van der Waals surface area contributed by atoms with Gasteiger partial charge in [0.1, 0.15) is 0 Å². The van der Waals surface area contributed by atoms with Crippen molar-refractivity contribution in [2.45, 2.75) is 27.7 Å². The van der Waals surface area contributed by atoms with Crippen molar-refractivity contribution in [1.29, 1.82) is 0 Å². The summed E-state index contributed by atoms with van der Waals surface area (Å²) in [6, 6.07) is 0. The van der Waals surface area contributed by atoms with E-state index in [-0.39, 0.29) is 0 Å². The Bertz CT molecular complexity index is 15.0. The van der Waals surface area contributed by atoms with Gasteiger partial charge in [-0.25, -0.2) is 0 Å². The van der Waals surface area contributed by atoms with Crippen molar-refractivity contribution >= 4 is 18.4 Å². The number of rotatable bonds is 0. The van der Waals surface area contributed by atoms with Gasteiger partial charge < -0.3 is 27.7 Å². The minimum absolute atomic E-state index is 1.75. The van der Waals surface area contributed by atoms with Gasteiger partial charge >= 0.3 is 58.4 Å². The van der Waals surface area contributed by atoms with Crippen molar-refractivity contribution in [3.63, 3.8) is 0 Å². The summed E-state index contributed by atoms with van der Waals surface area (Å²) < 4.78 is 0. The molecule has 0 saturated heterocycles. The summed E-state index contributed by atoms with van der Waals surface area (Å²) in [7, 11) is 9.17. The van der Waals surface area contributed by atoms with Gasteiger partial charge in [-0.3, -0.25) is 0 Å². The van der Waals surface area contributed by atoms with Crippen LogP contribution in [0.2, 0.25) is 0 Å². The van der Waals surface area contributed by atoms with E-state index in [4.69, 9.17) is 0 Å². The van der Waals surface area contributed by atoms with Gasteiger partial charge in [-0.1, -0.05) is 0 Å². The summed E-state index contributed by atoms with van der Waals surface area (Å²) in [6.45, 7) is 20.0. The summed E-state index contributed by atoms with van der Waals surface area (Å²) in [5.74, 6) is 0. The molecule has 0 aliphatic heterocycles. The van der Waals surface area contributed by atoms with Gasteiger partial charge in [0.15, 0.2) is 0 Å². The standard InChI is InChI=1S/4C2H5.2Au.2ClH/c4*1-2;;;;/h4*1H2,2H3;;;2*1H/q4*-1;2*+1;;/p-2. The Labute approximate surface area is 113 Å². The van der Waals surface area contributed by atoms with Gasteiger partial charge in [0.05, 0.1) is 0 Å². The fourth-order valence-electron chi connectivity index (χ4n) is 0. The second kappa shape index (κ2) is 447. The summed E-state index contributed by atoms with van der Waals surface area (Å²) in [6.07, 6.45) is 0. The molecule has 4 heteroatoms. The van der Waals surface area contributed by atoms with Crippen molar-refractivity contribution in [2.75, 3.05) is 0 Å². The molecule has 12 heavy (non-hydrogen) atoms. The van der Waals surface area contributed by atoms with E-state index >= 15 is 0 Å². The molecule has 0 aromatic rings. The first-order valence-electron chi connectivity index (χ1n) is 3.06. The molecule has 92 valence electrons. The van der Waals surface area contributed by atoms with Crippen LogP contribution in [0.25, 0.3) is 0 Å². The van der Waals surface area contributed by atoms with Gasteiger partial charge in [0.2, 0.25) is 0 Å². The van der Waals surface area contributed by atoms with Crippen LogP contribution in [0.15, 0.2) is 0 Å². The summed E-state index contributed by atoms with van der Waals surface area (Å²) in [5.41, 5.74) is 0. The van der Waals surface area contributed by atoms with Gasteiger partial charge in [-0.2, -0.15) is 27.7 Å². The van der Waals surface area contributed by atoms with Crippen molar-refractivity contribution < 1.29 is 40.0 Å². The summed E-state index contributed by atoms with van der Waals surface area (Å²) in [4.78, 5) is 0. The molecule has 0 N–H and O–H groups in total. The number of halogens is 2. The van der Waals surface area contributed by atoms with Crippen LogP contribution in [0.5, 0.6) is 0 Å². The van der Waals surface area contributed by atoms with Crippen LogP contribution in [0.4, 0.5) is 0 Å². The summed E-state index contributed by atoms with van der Waals surface area (Å²) >= 11 is 3.50. The van der Waals surface area contributed by atoms with Crippen LogP contribution in [-0.2, 0) is 40.0 Å². The van der Waals surface area contributed by atoms with Gasteiger partial charge in [0, 0.05) is 0 Å². The third-order valence-corrected chi connectivity index (χ3v) is 0. The molecule has 0 nitrogen and oxygen atoms in total. The maximum absolute atomic E-state index is 4.58. The van der Waals surface area contributed by atoms with Crippen molar-refractivity contribution in [3.05, 3.63) is 27.7 Å². The average molecular weight is 581 g/mol. The first-order valence-corrected chi connectivity index (χ1v) is 8.43. The van der Waals surface area contributed by atoms with Crippen LogP contribution in [0.1, 0.15) is 27.7 Å². The van der Waals surface area contributed by atoms with E-state index in [1.54, 1.807) is 67.7 Å². The van der Waals surface area contributed by atoms with E-state index in [2.05, 4.69) is 46.1 Å². The van der Waals surface area contributed by atoms with E-state index in [0.29, 0.717) is 0 Å². The van der Waals surface area contributed by atoms with Crippen LogP contribution in [-0.4, -0.2) is 0 Å².